The molecule has 3 rings (SSSR count). The molecule has 122 valence electrons. The standard InChI is InChI=1S/C16H18N2O4S/c1-17-23(20,21)15-10-9-14(22-15)16(19)18-11-5-8-13(18)12-6-3-2-4-7-12/h2-4,6-7,9-10,13,17H,5,8,11H2,1H3/t13-/m1/s1. The average Bonchev–Trinajstić information content (AvgIpc) is 3.24. The number of nitrogens with one attached hydrogen (secondary N) is 1. The minimum atomic E-state index is -3.69. The molecule has 0 saturated carbocycles. The van der Waals surface area contributed by atoms with Crippen LogP contribution in [0.25, 0.3) is 0 Å². The molecule has 1 saturated heterocycles. The molecule has 1 aromatic heterocycles. The number of nitrogens with zero attached hydrogens (tertiary/aromatic N) is 1. The highest BCUT2D eigenvalue weighted by atomic mass is 32.2. The van der Waals surface area contributed by atoms with Crippen molar-refractivity contribution in [3.8, 4) is 0 Å². The van der Waals surface area contributed by atoms with Crippen LogP contribution in [0, 0.1) is 0 Å². The summed E-state index contributed by atoms with van der Waals surface area (Å²) in [6, 6.07) is 12.5. The molecular weight excluding hydrogens is 316 g/mol. The molecule has 1 aliphatic heterocycles. The topological polar surface area (TPSA) is 79.6 Å². The van der Waals surface area contributed by atoms with Crippen LogP contribution in [0.2, 0.25) is 0 Å². The number of carbonyl (C=O) groups is 1. The smallest absolute Gasteiger partial charge is 0.290 e. The van der Waals surface area contributed by atoms with Crippen molar-refractivity contribution in [1.29, 1.82) is 0 Å². The van der Waals surface area contributed by atoms with Crippen molar-refractivity contribution in [2.45, 2.75) is 24.0 Å². The van der Waals surface area contributed by atoms with Gasteiger partial charge in [-0.25, -0.2) is 13.1 Å². The lowest BCUT2D eigenvalue weighted by Gasteiger charge is -2.24. The van der Waals surface area contributed by atoms with Crippen LogP contribution in [0.1, 0.15) is 35.0 Å². The van der Waals surface area contributed by atoms with E-state index in [2.05, 4.69) is 4.72 Å². The minimum Gasteiger partial charge on any atom is -0.438 e. The van der Waals surface area contributed by atoms with E-state index in [1.807, 2.05) is 30.3 Å². The van der Waals surface area contributed by atoms with Crippen LogP contribution in [0.15, 0.2) is 52.0 Å². The number of rotatable bonds is 4. The molecule has 1 atom stereocenters. The zero-order valence-corrected chi connectivity index (χ0v) is 13.5. The van der Waals surface area contributed by atoms with Gasteiger partial charge in [-0.3, -0.25) is 4.79 Å². The number of amides is 1. The average molecular weight is 334 g/mol. The molecule has 6 nitrogen and oxygen atoms in total. The first-order chi connectivity index (χ1) is 11.0. The molecule has 7 heteroatoms. The minimum absolute atomic E-state index is 0.00171. The Bertz CT molecular complexity index is 798. The molecule has 1 amide bonds. The number of likely N-dealkylation sites (tertiary alicyclic amines) is 1. The summed E-state index contributed by atoms with van der Waals surface area (Å²) in [6.07, 6.45) is 1.80. The van der Waals surface area contributed by atoms with E-state index in [1.54, 1.807) is 4.90 Å². The van der Waals surface area contributed by atoms with Crippen LogP contribution in [0.3, 0.4) is 0 Å². The highest BCUT2D eigenvalue weighted by molar-refractivity contribution is 7.89. The van der Waals surface area contributed by atoms with Gasteiger partial charge in [0.1, 0.15) is 0 Å². The summed E-state index contributed by atoms with van der Waals surface area (Å²) < 4.78 is 30.9. The second-order valence-corrected chi connectivity index (χ2v) is 7.21. The van der Waals surface area contributed by atoms with Crippen LogP contribution in [-0.2, 0) is 10.0 Å². The fraction of sp³-hybridized carbons (Fsp3) is 0.312. The van der Waals surface area contributed by atoms with Gasteiger partial charge in [0.05, 0.1) is 6.04 Å². The van der Waals surface area contributed by atoms with E-state index >= 15 is 0 Å². The van der Waals surface area contributed by atoms with Crippen molar-refractivity contribution < 1.29 is 17.6 Å². The Labute approximate surface area is 135 Å². The van der Waals surface area contributed by atoms with Gasteiger partial charge in [-0.2, -0.15) is 0 Å². The molecule has 23 heavy (non-hydrogen) atoms. The Morgan fingerprint density at radius 1 is 1.22 bits per heavy atom. The Balaban J connectivity index is 1.85. The number of sulfonamides is 1. The summed E-state index contributed by atoms with van der Waals surface area (Å²) >= 11 is 0. The third-order valence-electron chi connectivity index (χ3n) is 4.02. The van der Waals surface area contributed by atoms with E-state index in [-0.39, 0.29) is 22.8 Å². The molecule has 2 heterocycles. The van der Waals surface area contributed by atoms with E-state index in [0.717, 1.165) is 18.4 Å². The lowest BCUT2D eigenvalue weighted by molar-refractivity contribution is 0.0697. The third kappa shape index (κ3) is 3.02. The highest BCUT2D eigenvalue weighted by Crippen LogP contribution is 2.33. The third-order valence-corrected chi connectivity index (χ3v) is 5.31. The fourth-order valence-electron chi connectivity index (χ4n) is 2.85. The van der Waals surface area contributed by atoms with Crippen LogP contribution < -0.4 is 4.72 Å². The van der Waals surface area contributed by atoms with Crippen molar-refractivity contribution in [3.63, 3.8) is 0 Å². The summed E-state index contributed by atoms with van der Waals surface area (Å²) in [5, 5.41) is -0.251. The second-order valence-electron chi connectivity index (χ2n) is 5.39. The SMILES string of the molecule is CNS(=O)(=O)c1ccc(C(=O)N2CCC[C@@H]2c2ccccc2)o1. The summed E-state index contributed by atoms with van der Waals surface area (Å²) in [4.78, 5) is 14.4. The van der Waals surface area contributed by atoms with Crippen molar-refractivity contribution >= 4 is 15.9 Å². The van der Waals surface area contributed by atoms with Crippen LogP contribution in [-0.4, -0.2) is 32.8 Å². The lowest BCUT2D eigenvalue weighted by Crippen LogP contribution is -2.30. The van der Waals surface area contributed by atoms with Crippen LogP contribution >= 0.6 is 0 Å². The van der Waals surface area contributed by atoms with Crippen molar-refractivity contribution in [2.75, 3.05) is 13.6 Å². The Morgan fingerprint density at radius 3 is 2.65 bits per heavy atom. The molecule has 1 fully saturated rings. The van der Waals surface area contributed by atoms with Gasteiger partial charge >= 0.3 is 0 Å². The maximum atomic E-state index is 12.7. The van der Waals surface area contributed by atoms with Gasteiger partial charge in [-0.1, -0.05) is 30.3 Å². The Kier molecular flexibility index (Phi) is 4.23. The van der Waals surface area contributed by atoms with Crippen molar-refractivity contribution in [2.24, 2.45) is 0 Å². The second kappa shape index (κ2) is 6.17. The maximum absolute atomic E-state index is 12.7. The summed E-state index contributed by atoms with van der Waals surface area (Å²) in [5.41, 5.74) is 1.08. The van der Waals surface area contributed by atoms with Crippen molar-refractivity contribution in [3.05, 3.63) is 53.8 Å². The van der Waals surface area contributed by atoms with E-state index in [9.17, 15) is 13.2 Å². The maximum Gasteiger partial charge on any atom is 0.290 e. The first-order valence-electron chi connectivity index (χ1n) is 7.42. The van der Waals surface area contributed by atoms with Gasteiger partial charge in [0.25, 0.3) is 15.9 Å². The molecule has 0 radical (unpaired) electrons. The first-order valence-corrected chi connectivity index (χ1v) is 8.90. The van der Waals surface area contributed by atoms with E-state index in [1.165, 1.54) is 19.2 Å². The normalized spacial score (nSPS) is 18.3. The number of carbonyl (C=O) groups excluding carboxylic acids is 1. The molecule has 1 N–H and O–H groups in total. The van der Waals surface area contributed by atoms with E-state index in [4.69, 9.17) is 4.42 Å². The zero-order chi connectivity index (χ0) is 16.4. The molecule has 1 aromatic carbocycles. The summed E-state index contributed by atoms with van der Waals surface area (Å²) in [5.74, 6) is -0.240. The van der Waals surface area contributed by atoms with Gasteiger partial charge < -0.3 is 9.32 Å². The largest absolute Gasteiger partial charge is 0.438 e. The Morgan fingerprint density at radius 2 is 1.96 bits per heavy atom. The van der Waals surface area contributed by atoms with Crippen molar-refractivity contribution in [1.82, 2.24) is 9.62 Å². The monoisotopic (exact) mass is 334 g/mol. The van der Waals surface area contributed by atoms with Gasteiger partial charge in [0.15, 0.2) is 5.76 Å². The number of benzene rings is 1. The van der Waals surface area contributed by atoms with E-state index < -0.39 is 10.0 Å². The van der Waals surface area contributed by atoms with Gasteiger partial charge in [0.2, 0.25) is 5.09 Å². The molecule has 0 spiro atoms. The molecule has 0 unspecified atom stereocenters. The van der Waals surface area contributed by atoms with Gasteiger partial charge in [-0.05, 0) is 37.6 Å². The molecule has 0 bridgehead atoms. The predicted octanol–water partition coefficient (Wildman–Crippen LogP) is 2.17. The molecular formula is C16H18N2O4S. The summed E-state index contributed by atoms with van der Waals surface area (Å²) in [6.45, 7) is 0.632. The Hall–Kier alpha value is -2.12. The molecule has 0 aliphatic carbocycles. The van der Waals surface area contributed by atoms with Crippen LogP contribution in [0.5, 0.6) is 0 Å². The number of hydrogen-bond donors (Lipinski definition) is 1. The zero-order valence-electron chi connectivity index (χ0n) is 12.7. The predicted molar refractivity (Wildman–Crippen MR) is 84.4 cm³/mol. The summed E-state index contributed by atoms with van der Waals surface area (Å²) in [7, 11) is -2.39. The number of hydrogen-bond acceptors (Lipinski definition) is 4. The van der Waals surface area contributed by atoms with Gasteiger partial charge in [0, 0.05) is 6.54 Å². The van der Waals surface area contributed by atoms with E-state index in [0.29, 0.717) is 6.54 Å². The van der Waals surface area contributed by atoms with Crippen LogP contribution in [0.4, 0.5) is 0 Å². The first kappa shape index (κ1) is 15.8. The van der Waals surface area contributed by atoms with Gasteiger partial charge in [-0.15, -0.1) is 0 Å². The molecule has 2 aromatic rings. The number of furan rings is 1. The molecule has 1 aliphatic rings. The quantitative estimate of drug-likeness (QED) is 0.929. The lowest BCUT2D eigenvalue weighted by atomic mass is 10.0. The highest BCUT2D eigenvalue weighted by Gasteiger charge is 2.32. The fourth-order valence-corrected chi connectivity index (χ4v) is 3.50.